The lowest BCUT2D eigenvalue weighted by atomic mass is 9.71. The van der Waals surface area contributed by atoms with Gasteiger partial charge in [0.15, 0.2) is 0 Å². The van der Waals surface area contributed by atoms with Crippen LogP contribution in [0.2, 0.25) is 0 Å². The van der Waals surface area contributed by atoms with Crippen LogP contribution in [-0.4, -0.2) is 57.0 Å². The molecule has 4 unspecified atom stereocenters. The van der Waals surface area contributed by atoms with Gasteiger partial charge in [0.1, 0.15) is 11.6 Å². The van der Waals surface area contributed by atoms with Gasteiger partial charge in [0.2, 0.25) is 0 Å². The molecule has 0 bridgehead atoms. The molecule has 1 aromatic rings. The van der Waals surface area contributed by atoms with E-state index in [1.165, 1.54) is 25.5 Å². The van der Waals surface area contributed by atoms with E-state index in [-0.39, 0.29) is 29.7 Å². The molecule has 0 radical (unpaired) electrons. The zero-order valence-corrected chi connectivity index (χ0v) is 18.0. The van der Waals surface area contributed by atoms with Crippen LogP contribution in [0, 0.1) is 17.7 Å². The number of nitrogens with zero attached hydrogens (tertiary/aromatic N) is 2. The number of esters is 1. The van der Waals surface area contributed by atoms with Crippen molar-refractivity contribution in [2.75, 3.05) is 34.4 Å². The SMILES string of the molecule is CCC1CN2CCC3C(=Nc4cc(F)cc(OC)c43)C2CC1/C(=C\OC)C(=O)OC. The van der Waals surface area contributed by atoms with Crippen LogP contribution in [0.3, 0.4) is 0 Å². The van der Waals surface area contributed by atoms with E-state index in [4.69, 9.17) is 19.2 Å². The number of fused-ring (bicyclic) bond motifs is 5. The molecule has 4 atom stereocenters. The number of hydrogen-bond acceptors (Lipinski definition) is 6. The second kappa shape index (κ2) is 8.38. The van der Waals surface area contributed by atoms with Crippen molar-refractivity contribution in [1.29, 1.82) is 0 Å². The Morgan fingerprint density at radius 1 is 1.33 bits per heavy atom. The number of piperidine rings is 2. The molecule has 162 valence electrons. The third-order valence-corrected chi connectivity index (χ3v) is 6.85. The van der Waals surface area contributed by atoms with Crippen LogP contribution in [0.1, 0.15) is 37.7 Å². The average molecular weight is 416 g/mol. The second-order valence-electron chi connectivity index (χ2n) is 8.24. The molecule has 3 heterocycles. The maximum absolute atomic E-state index is 14.1. The number of methoxy groups -OCH3 is 3. The van der Waals surface area contributed by atoms with Crippen molar-refractivity contribution in [1.82, 2.24) is 4.90 Å². The molecule has 0 N–H and O–H groups in total. The molecular formula is C23H29FN2O4. The molecule has 4 rings (SSSR count). The first-order valence-electron chi connectivity index (χ1n) is 10.5. The maximum atomic E-state index is 14.1. The van der Waals surface area contributed by atoms with E-state index in [2.05, 4.69) is 11.8 Å². The number of ether oxygens (including phenoxy) is 3. The third-order valence-electron chi connectivity index (χ3n) is 6.85. The number of aliphatic imine (C=N–C) groups is 1. The van der Waals surface area contributed by atoms with E-state index >= 15 is 0 Å². The van der Waals surface area contributed by atoms with Crippen molar-refractivity contribution in [2.24, 2.45) is 16.8 Å². The molecule has 2 fully saturated rings. The van der Waals surface area contributed by atoms with Gasteiger partial charge >= 0.3 is 5.97 Å². The summed E-state index contributed by atoms with van der Waals surface area (Å²) in [6, 6.07) is 3.03. The van der Waals surface area contributed by atoms with E-state index < -0.39 is 0 Å². The van der Waals surface area contributed by atoms with Crippen LogP contribution in [0.25, 0.3) is 0 Å². The summed E-state index contributed by atoms with van der Waals surface area (Å²) in [4.78, 5) is 19.8. The highest BCUT2D eigenvalue weighted by Gasteiger charge is 2.47. The Balaban J connectivity index is 1.69. The van der Waals surface area contributed by atoms with Gasteiger partial charge in [-0.3, -0.25) is 9.89 Å². The third kappa shape index (κ3) is 3.39. The van der Waals surface area contributed by atoms with Gasteiger partial charge in [0.25, 0.3) is 0 Å². The van der Waals surface area contributed by atoms with Crippen LogP contribution in [0.5, 0.6) is 5.75 Å². The zero-order valence-electron chi connectivity index (χ0n) is 18.0. The minimum Gasteiger partial charge on any atom is -0.504 e. The summed E-state index contributed by atoms with van der Waals surface area (Å²) in [5, 5.41) is 0. The number of hydrogen-bond donors (Lipinski definition) is 0. The molecule has 0 aliphatic carbocycles. The summed E-state index contributed by atoms with van der Waals surface area (Å²) < 4.78 is 29.8. The zero-order chi connectivity index (χ0) is 21.4. The van der Waals surface area contributed by atoms with E-state index in [0.717, 1.165) is 43.6 Å². The van der Waals surface area contributed by atoms with Crippen molar-refractivity contribution < 1.29 is 23.4 Å². The van der Waals surface area contributed by atoms with Gasteiger partial charge < -0.3 is 14.2 Å². The predicted molar refractivity (Wildman–Crippen MR) is 112 cm³/mol. The Morgan fingerprint density at radius 2 is 2.13 bits per heavy atom. The maximum Gasteiger partial charge on any atom is 0.337 e. The summed E-state index contributed by atoms with van der Waals surface area (Å²) in [5.41, 5.74) is 3.29. The first kappa shape index (κ1) is 20.8. The Hall–Kier alpha value is -2.41. The van der Waals surface area contributed by atoms with Gasteiger partial charge in [0, 0.05) is 41.9 Å². The van der Waals surface area contributed by atoms with Gasteiger partial charge in [-0.1, -0.05) is 13.3 Å². The molecule has 0 amide bonds. The van der Waals surface area contributed by atoms with Crippen LogP contribution < -0.4 is 4.74 Å². The van der Waals surface area contributed by atoms with E-state index in [1.807, 2.05) is 0 Å². The van der Waals surface area contributed by atoms with Crippen molar-refractivity contribution in [2.45, 2.75) is 38.1 Å². The predicted octanol–water partition coefficient (Wildman–Crippen LogP) is 3.83. The molecule has 7 heteroatoms. The topological polar surface area (TPSA) is 60.4 Å². The van der Waals surface area contributed by atoms with Crippen molar-refractivity contribution in [3.05, 3.63) is 35.3 Å². The van der Waals surface area contributed by atoms with E-state index in [9.17, 15) is 9.18 Å². The number of halogens is 1. The number of rotatable bonds is 5. The monoisotopic (exact) mass is 416 g/mol. The Bertz CT molecular complexity index is 897. The Morgan fingerprint density at radius 3 is 2.80 bits per heavy atom. The number of carbonyl (C=O) groups excluding carboxylic acids is 1. The summed E-state index contributed by atoms with van der Waals surface area (Å²) in [6.07, 6.45) is 4.18. The molecule has 0 saturated carbocycles. The van der Waals surface area contributed by atoms with Crippen molar-refractivity contribution in [3.63, 3.8) is 0 Å². The molecule has 2 saturated heterocycles. The van der Waals surface area contributed by atoms with Gasteiger partial charge in [-0.25, -0.2) is 9.18 Å². The van der Waals surface area contributed by atoms with Crippen LogP contribution >= 0.6 is 0 Å². The summed E-state index contributed by atoms with van der Waals surface area (Å²) >= 11 is 0. The highest BCUT2D eigenvalue weighted by Crippen LogP contribution is 2.49. The summed E-state index contributed by atoms with van der Waals surface area (Å²) in [7, 11) is 4.52. The molecule has 1 aromatic carbocycles. The Labute approximate surface area is 176 Å². The van der Waals surface area contributed by atoms with Crippen LogP contribution in [-0.2, 0) is 14.3 Å². The van der Waals surface area contributed by atoms with Gasteiger partial charge in [-0.15, -0.1) is 0 Å². The quantitative estimate of drug-likeness (QED) is 0.415. The highest BCUT2D eigenvalue weighted by molar-refractivity contribution is 6.03. The fourth-order valence-electron chi connectivity index (χ4n) is 5.47. The fraction of sp³-hybridized carbons (Fsp3) is 0.565. The summed E-state index contributed by atoms with van der Waals surface area (Å²) in [5.74, 6) is 0.358. The van der Waals surface area contributed by atoms with Crippen LogP contribution in [0.15, 0.2) is 29.0 Å². The molecule has 6 nitrogen and oxygen atoms in total. The van der Waals surface area contributed by atoms with Gasteiger partial charge in [-0.2, -0.15) is 0 Å². The highest BCUT2D eigenvalue weighted by atomic mass is 19.1. The lowest BCUT2D eigenvalue weighted by Crippen LogP contribution is -2.55. The molecule has 30 heavy (non-hydrogen) atoms. The standard InChI is InChI=1S/C23H29FN2O4/c1-5-13-11-26-7-6-15-21-18(8-14(24)9-20(21)29-3)25-22(15)19(26)10-16(13)17(12-28-2)23(27)30-4/h8-9,12-13,15-16,19H,5-7,10-11H2,1-4H3/b17-12+. The lowest BCUT2D eigenvalue weighted by molar-refractivity contribution is -0.137. The minimum atomic E-state index is -0.346. The average Bonchev–Trinajstić information content (AvgIpc) is 3.14. The first-order valence-corrected chi connectivity index (χ1v) is 10.5. The van der Waals surface area contributed by atoms with Gasteiger partial charge in [-0.05, 0) is 31.2 Å². The normalized spacial score (nSPS) is 28.2. The van der Waals surface area contributed by atoms with Crippen molar-refractivity contribution in [3.8, 4) is 5.75 Å². The largest absolute Gasteiger partial charge is 0.504 e. The Kier molecular flexibility index (Phi) is 5.82. The number of carbonyl (C=O) groups is 1. The molecule has 0 spiro atoms. The number of benzene rings is 1. The summed E-state index contributed by atoms with van der Waals surface area (Å²) in [6.45, 7) is 3.99. The first-order chi connectivity index (χ1) is 14.5. The molecule has 3 aliphatic heterocycles. The lowest BCUT2D eigenvalue weighted by Gasteiger charge is -2.48. The molecule has 0 aromatic heterocycles. The second-order valence-corrected chi connectivity index (χ2v) is 8.24. The smallest absolute Gasteiger partial charge is 0.337 e. The van der Waals surface area contributed by atoms with E-state index in [1.54, 1.807) is 14.2 Å². The molecular weight excluding hydrogens is 387 g/mol. The molecule has 3 aliphatic rings. The fourth-order valence-corrected chi connectivity index (χ4v) is 5.47. The van der Waals surface area contributed by atoms with Crippen molar-refractivity contribution >= 4 is 17.4 Å². The minimum absolute atomic E-state index is 0.0208. The van der Waals surface area contributed by atoms with Crippen LogP contribution in [0.4, 0.5) is 10.1 Å². The van der Waals surface area contributed by atoms with E-state index in [0.29, 0.717) is 22.9 Å². The van der Waals surface area contributed by atoms with Gasteiger partial charge in [0.05, 0.1) is 38.9 Å².